The van der Waals surface area contributed by atoms with Crippen LogP contribution in [0.4, 0.5) is 17.1 Å². The van der Waals surface area contributed by atoms with Gasteiger partial charge in [0.25, 0.3) is 5.69 Å². The Labute approximate surface area is 138 Å². The lowest BCUT2D eigenvalue weighted by molar-refractivity contribution is -0.384. The highest BCUT2D eigenvalue weighted by atomic mass is 35.5. The summed E-state index contributed by atoms with van der Waals surface area (Å²) in [6.45, 7) is 3.62. The SMILES string of the molecule is Cc1ccc(NC(C)C(=O)Nc2ccc([N+](=O)[O-])cc2)cc1Cl. The van der Waals surface area contributed by atoms with Crippen molar-refractivity contribution in [3.05, 3.63) is 63.2 Å². The first-order valence-corrected chi connectivity index (χ1v) is 7.32. The number of nitro groups is 1. The summed E-state index contributed by atoms with van der Waals surface area (Å²) in [5, 5.41) is 17.0. The minimum Gasteiger partial charge on any atom is -0.374 e. The van der Waals surface area contributed by atoms with E-state index in [1.54, 1.807) is 13.0 Å². The number of benzene rings is 2. The number of halogens is 1. The van der Waals surface area contributed by atoms with Crippen molar-refractivity contribution in [1.82, 2.24) is 0 Å². The molecular formula is C16H16ClN3O3. The minimum atomic E-state index is -0.496. The van der Waals surface area contributed by atoms with Crippen molar-refractivity contribution in [3.8, 4) is 0 Å². The molecular weight excluding hydrogens is 318 g/mol. The van der Waals surface area contributed by atoms with Crippen molar-refractivity contribution in [2.75, 3.05) is 10.6 Å². The largest absolute Gasteiger partial charge is 0.374 e. The van der Waals surface area contributed by atoms with Gasteiger partial charge in [-0.1, -0.05) is 17.7 Å². The van der Waals surface area contributed by atoms with Gasteiger partial charge in [0.1, 0.15) is 6.04 Å². The van der Waals surface area contributed by atoms with Crippen LogP contribution in [0.2, 0.25) is 5.02 Å². The van der Waals surface area contributed by atoms with E-state index in [-0.39, 0.29) is 11.6 Å². The summed E-state index contributed by atoms with van der Waals surface area (Å²) in [7, 11) is 0. The molecule has 0 saturated carbocycles. The number of carbonyl (C=O) groups excluding carboxylic acids is 1. The molecule has 2 rings (SSSR count). The maximum Gasteiger partial charge on any atom is 0.269 e. The van der Waals surface area contributed by atoms with Gasteiger partial charge >= 0.3 is 0 Å². The van der Waals surface area contributed by atoms with Gasteiger partial charge in [0.2, 0.25) is 5.91 Å². The van der Waals surface area contributed by atoms with Gasteiger partial charge in [0.15, 0.2) is 0 Å². The van der Waals surface area contributed by atoms with E-state index in [1.807, 2.05) is 19.1 Å². The van der Waals surface area contributed by atoms with Crippen LogP contribution < -0.4 is 10.6 Å². The van der Waals surface area contributed by atoms with Gasteiger partial charge in [-0.3, -0.25) is 14.9 Å². The number of hydrogen-bond donors (Lipinski definition) is 2. The fraction of sp³-hybridized carbons (Fsp3) is 0.188. The maximum absolute atomic E-state index is 12.1. The van der Waals surface area contributed by atoms with E-state index in [1.165, 1.54) is 24.3 Å². The lowest BCUT2D eigenvalue weighted by Gasteiger charge is -2.16. The Morgan fingerprint density at radius 2 is 1.78 bits per heavy atom. The third-order valence-electron chi connectivity index (χ3n) is 3.29. The topological polar surface area (TPSA) is 84.3 Å². The zero-order valence-electron chi connectivity index (χ0n) is 12.7. The summed E-state index contributed by atoms with van der Waals surface area (Å²) >= 11 is 6.05. The lowest BCUT2D eigenvalue weighted by Crippen LogP contribution is -2.31. The van der Waals surface area contributed by atoms with E-state index in [9.17, 15) is 14.9 Å². The van der Waals surface area contributed by atoms with Gasteiger partial charge in [-0.25, -0.2) is 0 Å². The van der Waals surface area contributed by atoms with Gasteiger partial charge in [-0.05, 0) is 43.7 Å². The number of aryl methyl sites for hydroxylation is 1. The molecule has 0 bridgehead atoms. The second-order valence-electron chi connectivity index (χ2n) is 5.12. The average Bonchev–Trinajstić information content (AvgIpc) is 2.51. The highest BCUT2D eigenvalue weighted by Gasteiger charge is 2.14. The molecule has 120 valence electrons. The molecule has 0 aliphatic heterocycles. The van der Waals surface area contributed by atoms with Crippen LogP contribution in [-0.4, -0.2) is 16.9 Å². The molecule has 0 saturated heterocycles. The second-order valence-corrected chi connectivity index (χ2v) is 5.53. The van der Waals surface area contributed by atoms with Crippen LogP contribution >= 0.6 is 11.6 Å². The van der Waals surface area contributed by atoms with Crippen molar-refractivity contribution in [3.63, 3.8) is 0 Å². The first-order chi connectivity index (χ1) is 10.9. The van der Waals surface area contributed by atoms with E-state index < -0.39 is 11.0 Å². The molecule has 23 heavy (non-hydrogen) atoms. The Morgan fingerprint density at radius 1 is 1.17 bits per heavy atom. The van der Waals surface area contributed by atoms with Crippen molar-refractivity contribution in [2.45, 2.75) is 19.9 Å². The average molecular weight is 334 g/mol. The Hall–Kier alpha value is -2.60. The van der Waals surface area contributed by atoms with E-state index in [0.29, 0.717) is 10.7 Å². The summed E-state index contributed by atoms with van der Waals surface area (Å²) in [4.78, 5) is 22.3. The Balaban J connectivity index is 1.99. The first-order valence-electron chi connectivity index (χ1n) is 6.95. The number of hydrogen-bond acceptors (Lipinski definition) is 4. The molecule has 6 nitrogen and oxygen atoms in total. The molecule has 0 radical (unpaired) electrons. The molecule has 0 heterocycles. The van der Waals surface area contributed by atoms with E-state index in [2.05, 4.69) is 10.6 Å². The van der Waals surface area contributed by atoms with E-state index >= 15 is 0 Å². The number of nitrogens with zero attached hydrogens (tertiary/aromatic N) is 1. The number of non-ortho nitro benzene ring substituents is 1. The number of rotatable bonds is 5. The fourth-order valence-corrected chi connectivity index (χ4v) is 2.10. The monoisotopic (exact) mass is 333 g/mol. The van der Waals surface area contributed by atoms with E-state index in [4.69, 9.17) is 11.6 Å². The van der Waals surface area contributed by atoms with Crippen LogP contribution in [0.3, 0.4) is 0 Å². The lowest BCUT2D eigenvalue weighted by atomic mass is 10.2. The van der Waals surface area contributed by atoms with Crippen molar-refractivity contribution in [1.29, 1.82) is 0 Å². The zero-order valence-corrected chi connectivity index (χ0v) is 13.4. The molecule has 0 aromatic heterocycles. The highest BCUT2D eigenvalue weighted by molar-refractivity contribution is 6.31. The summed E-state index contributed by atoms with van der Waals surface area (Å²) in [6.07, 6.45) is 0. The van der Waals surface area contributed by atoms with Crippen LogP contribution in [0.15, 0.2) is 42.5 Å². The predicted octanol–water partition coefficient (Wildman–Crippen LogP) is 4.00. The molecule has 1 atom stereocenters. The molecule has 1 amide bonds. The number of anilines is 2. The Bertz CT molecular complexity index is 732. The zero-order chi connectivity index (χ0) is 17.0. The molecule has 0 spiro atoms. The molecule has 2 aromatic carbocycles. The van der Waals surface area contributed by atoms with Crippen molar-refractivity contribution < 1.29 is 9.72 Å². The summed E-state index contributed by atoms with van der Waals surface area (Å²) in [6, 6.07) is 10.6. The molecule has 1 unspecified atom stereocenters. The number of amides is 1. The van der Waals surface area contributed by atoms with Crippen LogP contribution in [0.5, 0.6) is 0 Å². The quantitative estimate of drug-likeness (QED) is 0.640. The Kier molecular flexibility index (Phi) is 5.18. The molecule has 2 aromatic rings. The molecule has 7 heteroatoms. The molecule has 0 aliphatic carbocycles. The van der Waals surface area contributed by atoms with Crippen LogP contribution in [-0.2, 0) is 4.79 Å². The number of carbonyl (C=O) groups is 1. The minimum absolute atomic E-state index is 0.0246. The van der Waals surface area contributed by atoms with Crippen LogP contribution in [0.1, 0.15) is 12.5 Å². The Morgan fingerprint density at radius 3 is 2.35 bits per heavy atom. The fourth-order valence-electron chi connectivity index (χ4n) is 1.92. The van der Waals surface area contributed by atoms with Crippen LogP contribution in [0, 0.1) is 17.0 Å². The first kappa shape index (κ1) is 16.8. The van der Waals surface area contributed by atoms with Gasteiger partial charge in [-0.2, -0.15) is 0 Å². The van der Waals surface area contributed by atoms with Gasteiger partial charge in [0.05, 0.1) is 4.92 Å². The van der Waals surface area contributed by atoms with Gasteiger partial charge in [0, 0.05) is 28.5 Å². The summed E-state index contributed by atoms with van der Waals surface area (Å²) < 4.78 is 0. The number of nitro benzene ring substituents is 1. The predicted molar refractivity (Wildman–Crippen MR) is 91.0 cm³/mol. The normalized spacial score (nSPS) is 11.6. The molecule has 2 N–H and O–H groups in total. The highest BCUT2D eigenvalue weighted by Crippen LogP contribution is 2.21. The van der Waals surface area contributed by atoms with Crippen molar-refractivity contribution in [2.24, 2.45) is 0 Å². The molecule has 0 fully saturated rings. The van der Waals surface area contributed by atoms with Gasteiger partial charge in [-0.15, -0.1) is 0 Å². The second kappa shape index (κ2) is 7.11. The summed E-state index contributed by atoms with van der Waals surface area (Å²) in [5.41, 5.74) is 2.17. The standard InChI is InChI=1S/C16H16ClN3O3/c1-10-3-4-13(9-15(10)17)18-11(2)16(21)19-12-5-7-14(8-6-12)20(22)23/h3-9,11,18H,1-2H3,(H,19,21). The summed E-state index contributed by atoms with van der Waals surface area (Å²) in [5.74, 6) is -0.254. The molecule has 0 aliphatic rings. The smallest absolute Gasteiger partial charge is 0.269 e. The van der Waals surface area contributed by atoms with Crippen molar-refractivity contribution >= 4 is 34.6 Å². The number of nitrogens with one attached hydrogen (secondary N) is 2. The maximum atomic E-state index is 12.1. The van der Waals surface area contributed by atoms with Gasteiger partial charge < -0.3 is 10.6 Å². The van der Waals surface area contributed by atoms with Crippen LogP contribution in [0.25, 0.3) is 0 Å². The third-order valence-corrected chi connectivity index (χ3v) is 3.70. The third kappa shape index (κ3) is 4.43. The van der Waals surface area contributed by atoms with E-state index in [0.717, 1.165) is 11.3 Å².